The van der Waals surface area contributed by atoms with E-state index in [0.29, 0.717) is 22.8 Å². The fourth-order valence-electron chi connectivity index (χ4n) is 1.85. The van der Waals surface area contributed by atoms with E-state index in [4.69, 9.17) is 13.9 Å². The molecule has 0 bridgehead atoms. The van der Waals surface area contributed by atoms with Crippen LogP contribution < -0.4 is 9.47 Å². The standard InChI is InChI=1S/C15H16O4/c1-10-4-6-12(19-10)9-13(16)11-5-7-14(17-2)15(8-11)18-3/h4-8H,9H2,1-3H3. The number of aryl methyl sites for hydroxylation is 1. The zero-order valence-electron chi connectivity index (χ0n) is 11.2. The molecular weight excluding hydrogens is 244 g/mol. The maximum absolute atomic E-state index is 12.1. The molecule has 0 N–H and O–H groups in total. The molecule has 2 aromatic rings. The molecule has 0 aliphatic carbocycles. The minimum Gasteiger partial charge on any atom is -0.493 e. The van der Waals surface area contributed by atoms with Gasteiger partial charge in [-0.2, -0.15) is 0 Å². The Morgan fingerprint density at radius 2 is 1.84 bits per heavy atom. The zero-order chi connectivity index (χ0) is 13.8. The molecule has 0 radical (unpaired) electrons. The van der Waals surface area contributed by atoms with E-state index >= 15 is 0 Å². The van der Waals surface area contributed by atoms with Crippen molar-refractivity contribution in [1.29, 1.82) is 0 Å². The topological polar surface area (TPSA) is 48.7 Å². The molecule has 0 unspecified atom stereocenters. The molecule has 0 spiro atoms. The predicted molar refractivity (Wildman–Crippen MR) is 71.0 cm³/mol. The largest absolute Gasteiger partial charge is 0.493 e. The van der Waals surface area contributed by atoms with E-state index in [1.807, 2.05) is 19.1 Å². The summed E-state index contributed by atoms with van der Waals surface area (Å²) in [5, 5.41) is 0. The van der Waals surface area contributed by atoms with Crippen LogP contribution in [0.3, 0.4) is 0 Å². The lowest BCUT2D eigenvalue weighted by Gasteiger charge is -2.08. The van der Waals surface area contributed by atoms with Gasteiger partial charge in [0, 0.05) is 5.56 Å². The number of ketones is 1. The Morgan fingerprint density at radius 3 is 2.42 bits per heavy atom. The van der Waals surface area contributed by atoms with E-state index in [1.165, 1.54) is 0 Å². The molecule has 0 saturated heterocycles. The molecule has 4 nitrogen and oxygen atoms in total. The van der Waals surface area contributed by atoms with Gasteiger partial charge in [-0.3, -0.25) is 4.79 Å². The highest BCUT2D eigenvalue weighted by Gasteiger charge is 2.13. The molecule has 4 heteroatoms. The minimum absolute atomic E-state index is 0.0182. The maximum atomic E-state index is 12.1. The van der Waals surface area contributed by atoms with Crippen LogP contribution in [0, 0.1) is 6.92 Å². The normalized spacial score (nSPS) is 10.3. The third-order valence-electron chi connectivity index (χ3n) is 2.84. The zero-order valence-corrected chi connectivity index (χ0v) is 11.2. The van der Waals surface area contributed by atoms with Gasteiger partial charge in [0.2, 0.25) is 0 Å². The van der Waals surface area contributed by atoms with Gasteiger partial charge in [0.15, 0.2) is 17.3 Å². The van der Waals surface area contributed by atoms with Crippen LogP contribution in [0.1, 0.15) is 21.9 Å². The SMILES string of the molecule is COc1ccc(C(=O)Cc2ccc(C)o2)cc1OC. The minimum atomic E-state index is -0.0182. The first-order valence-electron chi connectivity index (χ1n) is 5.94. The Balaban J connectivity index is 2.19. The van der Waals surface area contributed by atoms with E-state index in [0.717, 1.165) is 5.76 Å². The van der Waals surface area contributed by atoms with Crippen molar-refractivity contribution in [2.45, 2.75) is 13.3 Å². The summed E-state index contributed by atoms with van der Waals surface area (Å²) in [6.45, 7) is 1.85. The van der Waals surface area contributed by atoms with Gasteiger partial charge in [0.05, 0.1) is 20.6 Å². The second-order valence-corrected chi connectivity index (χ2v) is 4.18. The van der Waals surface area contributed by atoms with Gasteiger partial charge in [0.1, 0.15) is 11.5 Å². The van der Waals surface area contributed by atoms with Crippen molar-refractivity contribution in [2.75, 3.05) is 14.2 Å². The van der Waals surface area contributed by atoms with Gasteiger partial charge in [0.25, 0.3) is 0 Å². The molecule has 0 aliphatic rings. The number of furan rings is 1. The number of Topliss-reactive ketones (excluding diaryl/α,β-unsaturated/α-hetero) is 1. The number of rotatable bonds is 5. The van der Waals surface area contributed by atoms with Crippen molar-refractivity contribution in [3.63, 3.8) is 0 Å². The fourth-order valence-corrected chi connectivity index (χ4v) is 1.85. The molecule has 0 saturated carbocycles. The summed E-state index contributed by atoms with van der Waals surface area (Å²) in [5.74, 6) is 2.60. The number of benzene rings is 1. The summed E-state index contributed by atoms with van der Waals surface area (Å²) in [7, 11) is 3.10. The first kappa shape index (κ1) is 13.2. The van der Waals surface area contributed by atoms with Crippen molar-refractivity contribution in [2.24, 2.45) is 0 Å². The third kappa shape index (κ3) is 2.96. The average molecular weight is 260 g/mol. The molecule has 1 heterocycles. The third-order valence-corrected chi connectivity index (χ3v) is 2.84. The van der Waals surface area contributed by atoms with Gasteiger partial charge < -0.3 is 13.9 Å². The quantitative estimate of drug-likeness (QED) is 0.775. The number of hydrogen-bond donors (Lipinski definition) is 0. The van der Waals surface area contributed by atoms with Crippen LogP contribution in [0.25, 0.3) is 0 Å². The Kier molecular flexibility index (Phi) is 3.90. The highest BCUT2D eigenvalue weighted by molar-refractivity contribution is 5.97. The molecule has 0 aliphatic heterocycles. The maximum Gasteiger partial charge on any atom is 0.170 e. The van der Waals surface area contributed by atoms with E-state index in [1.54, 1.807) is 32.4 Å². The first-order chi connectivity index (χ1) is 9.13. The van der Waals surface area contributed by atoms with Crippen LogP contribution in [0.2, 0.25) is 0 Å². The lowest BCUT2D eigenvalue weighted by Crippen LogP contribution is -2.03. The fraction of sp³-hybridized carbons (Fsp3) is 0.267. The molecule has 0 atom stereocenters. The molecule has 1 aromatic heterocycles. The van der Waals surface area contributed by atoms with Gasteiger partial charge in [-0.05, 0) is 37.3 Å². The average Bonchev–Trinajstić information content (AvgIpc) is 2.83. The van der Waals surface area contributed by atoms with E-state index in [2.05, 4.69) is 0 Å². The number of carbonyl (C=O) groups is 1. The summed E-state index contributed by atoms with van der Waals surface area (Å²) < 4.78 is 15.7. The van der Waals surface area contributed by atoms with Crippen molar-refractivity contribution in [1.82, 2.24) is 0 Å². The highest BCUT2D eigenvalue weighted by Crippen LogP contribution is 2.28. The first-order valence-corrected chi connectivity index (χ1v) is 5.94. The van der Waals surface area contributed by atoms with Crippen molar-refractivity contribution in [3.8, 4) is 11.5 Å². The van der Waals surface area contributed by atoms with E-state index < -0.39 is 0 Å². The summed E-state index contributed by atoms with van der Waals surface area (Å²) >= 11 is 0. The van der Waals surface area contributed by atoms with E-state index in [-0.39, 0.29) is 12.2 Å². The monoisotopic (exact) mass is 260 g/mol. The molecule has 19 heavy (non-hydrogen) atoms. The van der Waals surface area contributed by atoms with Gasteiger partial charge in [-0.1, -0.05) is 0 Å². The van der Waals surface area contributed by atoms with Crippen molar-refractivity contribution < 1.29 is 18.7 Å². The molecule has 2 rings (SSSR count). The molecule has 0 amide bonds. The summed E-state index contributed by atoms with van der Waals surface area (Å²) in [4.78, 5) is 12.1. The summed E-state index contributed by atoms with van der Waals surface area (Å²) in [5.41, 5.74) is 0.576. The predicted octanol–water partition coefficient (Wildman–Crippen LogP) is 3.03. The van der Waals surface area contributed by atoms with Gasteiger partial charge >= 0.3 is 0 Å². The Labute approximate surface area is 111 Å². The van der Waals surface area contributed by atoms with Crippen LogP contribution in [-0.4, -0.2) is 20.0 Å². The Bertz CT molecular complexity index is 584. The van der Waals surface area contributed by atoms with Crippen LogP contribution >= 0.6 is 0 Å². The van der Waals surface area contributed by atoms with Crippen LogP contribution in [0.4, 0.5) is 0 Å². The number of methoxy groups -OCH3 is 2. The van der Waals surface area contributed by atoms with Crippen molar-refractivity contribution >= 4 is 5.78 Å². The molecule has 0 fully saturated rings. The molecule has 1 aromatic carbocycles. The van der Waals surface area contributed by atoms with Crippen LogP contribution in [-0.2, 0) is 6.42 Å². The number of carbonyl (C=O) groups excluding carboxylic acids is 1. The highest BCUT2D eigenvalue weighted by atomic mass is 16.5. The summed E-state index contributed by atoms with van der Waals surface area (Å²) in [6, 6.07) is 8.78. The lowest BCUT2D eigenvalue weighted by molar-refractivity contribution is 0.0986. The lowest BCUT2D eigenvalue weighted by atomic mass is 10.1. The smallest absolute Gasteiger partial charge is 0.170 e. The summed E-state index contributed by atoms with van der Waals surface area (Å²) in [6.07, 6.45) is 0.239. The number of ether oxygens (including phenoxy) is 2. The van der Waals surface area contributed by atoms with Crippen LogP contribution in [0.5, 0.6) is 11.5 Å². The Hall–Kier alpha value is -2.23. The number of hydrogen-bond acceptors (Lipinski definition) is 4. The van der Waals surface area contributed by atoms with Crippen LogP contribution in [0.15, 0.2) is 34.7 Å². The molecule has 100 valence electrons. The second kappa shape index (κ2) is 5.61. The van der Waals surface area contributed by atoms with E-state index in [9.17, 15) is 4.79 Å². The molecular formula is C15H16O4. The van der Waals surface area contributed by atoms with Gasteiger partial charge in [-0.15, -0.1) is 0 Å². The Morgan fingerprint density at radius 1 is 1.11 bits per heavy atom. The van der Waals surface area contributed by atoms with Crippen molar-refractivity contribution in [3.05, 3.63) is 47.4 Å². The van der Waals surface area contributed by atoms with Gasteiger partial charge in [-0.25, -0.2) is 0 Å². The second-order valence-electron chi connectivity index (χ2n) is 4.18.